The van der Waals surface area contributed by atoms with E-state index in [9.17, 15) is 4.79 Å². The fourth-order valence-electron chi connectivity index (χ4n) is 3.98. The zero-order valence-corrected chi connectivity index (χ0v) is 18.7. The highest BCUT2D eigenvalue weighted by atomic mass is 79.9. The van der Waals surface area contributed by atoms with Crippen LogP contribution in [-0.4, -0.2) is 30.1 Å². The molecule has 4 rings (SSSR count). The van der Waals surface area contributed by atoms with Crippen LogP contribution in [0.4, 0.5) is 0 Å². The van der Waals surface area contributed by atoms with Crippen molar-refractivity contribution in [3.8, 4) is 11.5 Å². The summed E-state index contributed by atoms with van der Waals surface area (Å²) in [6, 6.07) is 11.1. The van der Waals surface area contributed by atoms with E-state index in [0.29, 0.717) is 16.9 Å². The smallest absolute Gasteiger partial charge is 0.282 e. The van der Waals surface area contributed by atoms with Gasteiger partial charge >= 0.3 is 0 Å². The van der Waals surface area contributed by atoms with Crippen molar-refractivity contribution in [2.75, 3.05) is 14.2 Å². The van der Waals surface area contributed by atoms with Crippen LogP contribution in [-0.2, 0) is 0 Å². The summed E-state index contributed by atoms with van der Waals surface area (Å²) in [5.41, 5.74) is 1.31. The molecule has 2 aromatic carbocycles. The van der Waals surface area contributed by atoms with Crippen molar-refractivity contribution >= 4 is 33.0 Å². The minimum atomic E-state index is -0.149. The fraction of sp³-hybridized carbons (Fsp3) is 0.348. The molecule has 1 aliphatic rings. The number of aromatic nitrogens is 2. The van der Waals surface area contributed by atoms with Gasteiger partial charge in [0.05, 0.1) is 35.8 Å². The molecule has 1 aliphatic carbocycles. The molecule has 0 atom stereocenters. The zero-order chi connectivity index (χ0) is 21.1. The molecule has 156 valence electrons. The van der Waals surface area contributed by atoms with Crippen molar-refractivity contribution < 1.29 is 9.47 Å². The Kier molecular flexibility index (Phi) is 6.18. The van der Waals surface area contributed by atoms with Gasteiger partial charge in [0.1, 0.15) is 17.3 Å². The molecule has 6 nitrogen and oxygen atoms in total. The molecule has 1 aromatic heterocycles. The molecule has 1 saturated carbocycles. The average molecular weight is 470 g/mol. The predicted molar refractivity (Wildman–Crippen MR) is 122 cm³/mol. The van der Waals surface area contributed by atoms with Gasteiger partial charge in [0, 0.05) is 17.5 Å². The second-order valence-corrected chi connectivity index (χ2v) is 8.27. The number of rotatable bonds is 5. The lowest BCUT2D eigenvalue weighted by atomic mass is 9.88. The molecule has 0 radical (unpaired) electrons. The fourth-order valence-corrected chi connectivity index (χ4v) is 4.50. The lowest BCUT2D eigenvalue weighted by Gasteiger charge is -2.22. The van der Waals surface area contributed by atoms with Crippen LogP contribution < -0.4 is 15.0 Å². The van der Waals surface area contributed by atoms with Gasteiger partial charge in [0.15, 0.2) is 0 Å². The van der Waals surface area contributed by atoms with E-state index in [1.807, 2.05) is 24.3 Å². The normalized spacial score (nSPS) is 15.0. The number of nitrogens with zero attached hydrogens (tertiary/aromatic N) is 3. The third-order valence-electron chi connectivity index (χ3n) is 5.57. The minimum Gasteiger partial charge on any atom is -0.496 e. The summed E-state index contributed by atoms with van der Waals surface area (Å²) in [4.78, 5) is 18.1. The van der Waals surface area contributed by atoms with E-state index in [2.05, 4.69) is 21.0 Å². The third kappa shape index (κ3) is 3.99. The number of fused-ring (bicyclic) bond motifs is 1. The monoisotopic (exact) mass is 469 g/mol. The van der Waals surface area contributed by atoms with Crippen LogP contribution in [0.15, 0.2) is 50.8 Å². The van der Waals surface area contributed by atoms with Crippen LogP contribution in [0.1, 0.15) is 49.4 Å². The first-order valence-corrected chi connectivity index (χ1v) is 10.9. The SMILES string of the molecule is COc1cc(OC)c(C=Nn2c(C3CCCCC3)nc3ccccc3c2=O)cc1Br. The van der Waals surface area contributed by atoms with Crippen LogP contribution >= 0.6 is 15.9 Å². The van der Waals surface area contributed by atoms with Crippen LogP contribution in [0.5, 0.6) is 11.5 Å². The highest BCUT2D eigenvalue weighted by molar-refractivity contribution is 9.10. The molecule has 7 heteroatoms. The molecule has 0 spiro atoms. The molecular weight excluding hydrogens is 446 g/mol. The van der Waals surface area contributed by atoms with E-state index >= 15 is 0 Å². The maximum absolute atomic E-state index is 13.3. The average Bonchev–Trinajstić information content (AvgIpc) is 2.79. The molecule has 3 aromatic rings. The number of ether oxygens (including phenoxy) is 2. The second-order valence-electron chi connectivity index (χ2n) is 7.41. The topological polar surface area (TPSA) is 65.7 Å². The zero-order valence-electron chi connectivity index (χ0n) is 17.1. The van der Waals surface area contributed by atoms with Crippen molar-refractivity contribution in [1.29, 1.82) is 0 Å². The summed E-state index contributed by atoms with van der Waals surface area (Å²) in [6.45, 7) is 0. The van der Waals surface area contributed by atoms with E-state index in [0.717, 1.165) is 47.1 Å². The van der Waals surface area contributed by atoms with Gasteiger partial charge in [0.2, 0.25) is 0 Å². The van der Waals surface area contributed by atoms with Crippen molar-refractivity contribution in [2.45, 2.75) is 38.0 Å². The summed E-state index contributed by atoms with van der Waals surface area (Å²) in [6.07, 6.45) is 7.23. The maximum atomic E-state index is 13.3. The lowest BCUT2D eigenvalue weighted by molar-refractivity contribution is 0.392. The molecule has 0 bridgehead atoms. The van der Waals surface area contributed by atoms with Gasteiger partial charge in [-0.05, 0) is 47.0 Å². The van der Waals surface area contributed by atoms with E-state index in [-0.39, 0.29) is 11.5 Å². The van der Waals surface area contributed by atoms with Crippen LogP contribution in [0, 0.1) is 0 Å². The number of hydrogen-bond donors (Lipinski definition) is 0. The quantitative estimate of drug-likeness (QED) is 0.487. The van der Waals surface area contributed by atoms with Gasteiger partial charge in [-0.3, -0.25) is 4.79 Å². The van der Waals surface area contributed by atoms with Crippen molar-refractivity contribution in [3.63, 3.8) is 0 Å². The summed E-state index contributed by atoms with van der Waals surface area (Å²) in [5.74, 6) is 2.25. The molecule has 0 N–H and O–H groups in total. The molecule has 30 heavy (non-hydrogen) atoms. The van der Waals surface area contributed by atoms with Gasteiger partial charge in [0.25, 0.3) is 5.56 Å². The summed E-state index contributed by atoms with van der Waals surface area (Å²) in [5, 5.41) is 5.15. The first-order chi connectivity index (χ1) is 14.6. The van der Waals surface area contributed by atoms with Gasteiger partial charge in [-0.25, -0.2) is 4.98 Å². The molecule has 0 saturated heterocycles. The highest BCUT2D eigenvalue weighted by Gasteiger charge is 2.22. The Morgan fingerprint density at radius 2 is 1.83 bits per heavy atom. The Hall–Kier alpha value is -2.67. The first kappa shape index (κ1) is 20.6. The lowest BCUT2D eigenvalue weighted by Crippen LogP contribution is -2.25. The van der Waals surface area contributed by atoms with Gasteiger partial charge < -0.3 is 9.47 Å². The first-order valence-electron chi connectivity index (χ1n) is 10.1. The highest BCUT2D eigenvalue weighted by Crippen LogP contribution is 2.33. The summed E-state index contributed by atoms with van der Waals surface area (Å²) >= 11 is 3.50. The number of methoxy groups -OCH3 is 2. The van der Waals surface area contributed by atoms with E-state index in [4.69, 9.17) is 14.5 Å². The van der Waals surface area contributed by atoms with Crippen LogP contribution in [0.2, 0.25) is 0 Å². The third-order valence-corrected chi connectivity index (χ3v) is 6.19. The van der Waals surface area contributed by atoms with Gasteiger partial charge in [-0.1, -0.05) is 31.4 Å². The van der Waals surface area contributed by atoms with E-state index in [1.54, 1.807) is 32.6 Å². The molecular formula is C23H24BrN3O3. The molecule has 1 heterocycles. The van der Waals surface area contributed by atoms with Crippen LogP contribution in [0.3, 0.4) is 0 Å². The minimum absolute atomic E-state index is 0.149. The Morgan fingerprint density at radius 3 is 2.57 bits per heavy atom. The van der Waals surface area contributed by atoms with Crippen LogP contribution in [0.25, 0.3) is 10.9 Å². The maximum Gasteiger partial charge on any atom is 0.282 e. The van der Waals surface area contributed by atoms with E-state index < -0.39 is 0 Å². The Labute approximate surface area is 183 Å². The Balaban J connectivity index is 1.84. The predicted octanol–water partition coefficient (Wildman–Crippen LogP) is 5.11. The Bertz CT molecular complexity index is 1150. The van der Waals surface area contributed by atoms with Crippen molar-refractivity contribution in [3.05, 3.63) is 62.6 Å². The molecule has 1 fully saturated rings. The van der Waals surface area contributed by atoms with Gasteiger partial charge in [-0.15, -0.1) is 0 Å². The van der Waals surface area contributed by atoms with Crippen molar-refractivity contribution in [1.82, 2.24) is 9.66 Å². The molecule has 0 unspecified atom stereocenters. The molecule has 0 amide bonds. The summed E-state index contributed by atoms with van der Waals surface area (Å²) < 4.78 is 13.1. The second kappa shape index (κ2) is 9.00. The van der Waals surface area contributed by atoms with Crippen molar-refractivity contribution in [2.24, 2.45) is 5.10 Å². The number of para-hydroxylation sites is 1. The number of benzene rings is 2. The molecule has 0 aliphatic heterocycles. The number of hydrogen-bond acceptors (Lipinski definition) is 5. The standard InChI is InChI=1S/C23H24BrN3O3/c1-29-20-13-21(30-2)18(24)12-16(20)14-25-27-22(15-8-4-3-5-9-15)26-19-11-7-6-10-17(19)23(27)28/h6-7,10-15H,3-5,8-9H2,1-2H3. The number of halogens is 1. The summed E-state index contributed by atoms with van der Waals surface area (Å²) in [7, 11) is 3.20. The van der Waals surface area contributed by atoms with Gasteiger partial charge in [-0.2, -0.15) is 9.78 Å². The van der Waals surface area contributed by atoms with E-state index in [1.165, 1.54) is 11.1 Å². The Morgan fingerprint density at radius 1 is 1.10 bits per heavy atom. The largest absolute Gasteiger partial charge is 0.496 e.